The van der Waals surface area contributed by atoms with Crippen LogP contribution >= 0.6 is 0 Å². The lowest BCUT2D eigenvalue weighted by Crippen LogP contribution is -2.36. The van der Waals surface area contributed by atoms with E-state index in [1.807, 2.05) is 12.1 Å². The number of hydrogen-bond donors (Lipinski definition) is 1. The molecular weight excluding hydrogens is 368 g/mol. The summed E-state index contributed by atoms with van der Waals surface area (Å²) in [4.78, 5) is 19.4. The molecule has 1 saturated heterocycles. The molecule has 3 nitrogen and oxygen atoms in total. The van der Waals surface area contributed by atoms with Gasteiger partial charge in [-0.25, -0.2) is 0 Å². The maximum absolute atomic E-state index is 13.7. The summed E-state index contributed by atoms with van der Waals surface area (Å²) in [5.41, 5.74) is 6.27. The van der Waals surface area contributed by atoms with Gasteiger partial charge in [0.15, 0.2) is 0 Å². The Bertz CT molecular complexity index is 1170. The maximum atomic E-state index is 13.7. The van der Waals surface area contributed by atoms with Crippen molar-refractivity contribution >= 4 is 16.8 Å². The van der Waals surface area contributed by atoms with Gasteiger partial charge in [0.05, 0.1) is 12.0 Å². The normalized spacial score (nSPS) is 20.6. The van der Waals surface area contributed by atoms with Crippen LogP contribution in [-0.2, 0) is 11.2 Å². The summed E-state index contributed by atoms with van der Waals surface area (Å²) in [6.45, 7) is 0.811. The van der Waals surface area contributed by atoms with Gasteiger partial charge in [-0.05, 0) is 35.6 Å². The predicted molar refractivity (Wildman–Crippen MR) is 119 cm³/mol. The van der Waals surface area contributed by atoms with Gasteiger partial charge in [0.2, 0.25) is 5.91 Å². The number of aromatic amines is 1. The van der Waals surface area contributed by atoms with Gasteiger partial charge in [0.1, 0.15) is 0 Å². The molecule has 1 amide bonds. The van der Waals surface area contributed by atoms with E-state index in [4.69, 9.17) is 0 Å². The summed E-state index contributed by atoms with van der Waals surface area (Å²) < 4.78 is 0. The van der Waals surface area contributed by atoms with Crippen molar-refractivity contribution in [2.75, 3.05) is 6.54 Å². The smallest absolute Gasteiger partial charge is 0.227 e. The Kier molecular flexibility index (Phi) is 4.02. The van der Waals surface area contributed by atoms with Crippen LogP contribution in [-0.4, -0.2) is 22.3 Å². The number of nitrogens with one attached hydrogen (secondary N) is 1. The van der Waals surface area contributed by atoms with Crippen molar-refractivity contribution in [1.29, 1.82) is 0 Å². The number of aromatic nitrogens is 1. The highest BCUT2D eigenvalue weighted by Crippen LogP contribution is 2.48. The Labute approximate surface area is 176 Å². The molecule has 3 aromatic carbocycles. The SMILES string of the molecule is O=C1[C@@H](C(c2ccccc2)c2ccccc2)C[C@H]2c3[nH]c4ccccc4c3CCN12. The summed E-state index contributed by atoms with van der Waals surface area (Å²) >= 11 is 0. The van der Waals surface area contributed by atoms with Crippen LogP contribution in [0.1, 0.15) is 40.8 Å². The van der Waals surface area contributed by atoms with Crippen molar-refractivity contribution in [3.8, 4) is 0 Å². The standard InChI is InChI=1S/C27H24N2O/c30-27-22(25(18-9-3-1-4-10-18)19-11-5-2-6-12-19)17-24-26-21(15-16-29(24)27)20-13-7-8-14-23(20)28-26/h1-14,22,24-25,28H,15-17H2/t22-,24+/m1/s1. The largest absolute Gasteiger partial charge is 0.356 e. The lowest BCUT2D eigenvalue weighted by atomic mass is 9.79. The van der Waals surface area contributed by atoms with E-state index in [1.54, 1.807) is 0 Å². The van der Waals surface area contributed by atoms with Gasteiger partial charge >= 0.3 is 0 Å². The van der Waals surface area contributed by atoms with Crippen LogP contribution in [0.2, 0.25) is 0 Å². The van der Waals surface area contributed by atoms with Crippen molar-refractivity contribution in [2.24, 2.45) is 5.92 Å². The number of rotatable bonds is 3. The molecule has 2 aliphatic heterocycles. The molecule has 3 heterocycles. The van der Waals surface area contributed by atoms with Gasteiger partial charge in [-0.1, -0.05) is 78.9 Å². The first-order valence-electron chi connectivity index (χ1n) is 10.8. The minimum absolute atomic E-state index is 0.0443. The molecule has 0 unspecified atom stereocenters. The molecule has 6 rings (SSSR count). The monoisotopic (exact) mass is 392 g/mol. The summed E-state index contributed by atoms with van der Waals surface area (Å²) in [5.74, 6) is 0.331. The number of fused-ring (bicyclic) bond motifs is 5. The Morgan fingerprint density at radius 1 is 0.833 bits per heavy atom. The summed E-state index contributed by atoms with van der Waals surface area (Å²) in [6.07, 6.45) is 1.78. The minimum Gasteiger partial charge on any atom is -0.356 e. The molecule has 2 atom stereocenters. The fourth-order valence-corrected chi connectivity index (χ4v) is 5.64. The van der Waals surface area contributed by atoms with E-state index < -0.39 is 0 Å². The fourth-order valence-electron chi connectivity index (χ4n) is 5.64. The van der Waals surface area contributed by atoms with Gasteiger partial charge in [-0.2, -0.15) is 0 Å². The quantitative estimate of drug-likeness (QED) is 0.495. The highest BCUT2D eigenvalue weighted by atomic mass is 16.2. The molecule has 30 heavy (non-hydrogen) atoms. The number of carbonyl (C=O) groups excluding carboxylic acids is 1. The molecule has 148 valence electrons. The Hall–Kier alpha value is -3.33. The van der Waals surface area contributed by atoms with Crippen molar-refractivity contribution in [2.45, 2.75) is 24.8 Å². The lowest BCUT2D eigenvalue weighted by molar-refractivity contribution is -0.132. The number of hydrogen-bond acceptors (Lipinski definition) is 1. The summed E-state index contributed by atoms with van der Waals surface area (Å²) in [6, 6.07) is 29.7. The topological polar surface area (TPSA) is 36.1 Å². The van der Waals surface area contributed by atoms with E-state index >= 15 is 0 Å². The highest BCUT2D eigenvalue weighted by molar-refractivity contribution is 5.88. The van der Waals surface area contributed by atoms with E-state index in [1.165, 1.54) is 33.3 Å². The molecule has 4 aromatic rings. The Morgan fingerprint density at radius 2 is 1.47 bits per heavy atom. The van der Waals surface area contributed by atoms with Gasteiger partial charge in [0, 0.05) is 29.1 Å². The third-order valence-corrected chi connectivity index (χ3v) is 6.96. The van der Waals surface area contributed by atoms with Crippen LogP contribution in [0.3, 0.4) is 0 Å². The van der Waals surface area contributed by atoms with Crippen molar-refractivity contribution in [3.63, 3.8) is 0 Å². The third kappa shape index (κ3) is 2.62. The van der Waals surface area contributed by atoms with E-state index in [2.05, 4.69) is 82.7 Å². The molecule has 1 aromatic heterocycles. The van der Waals surface area contributed by atoms with Crippen LogP contribution in [0.5, 0.6) is 0 Å². The van der Waals surface area contributed by atoms with Crippen molar-refractivity contribution < 1.29 is 4.79 Å². The second-order valence-electron chi connectivity index (χ2n) is 8.50. The first kappa shape index (κ1) is 17.5. The molecule has 1 N–H and O–H groups in total. The van der Waals surface area contributed by atoms with Crippen molar-refractivity contribution in [3.05, 3.63) is 107 Å². The third-order valence-electron chi connectivity index (χ3n) is 6.96. The second kappa shape index (κ2) is 6.88. The number of amides is 1. The maximum Gasteiger partial charge on any atom is 0.227 e. The second-order valence-corrected chi connectivity index (χ2v) is 8.50. The van der Waals surface area contributed by atoms with Crippen LogP contribution < -0.4 is 0 Å². The zero-order chi connectivity index (χ0) is 20.1. The summed E-state index contributed by atoms with van der Waals surface area (Å²) in [5, 5.41) is 1.31. The molecule has 2 aliphatic rings. The molecule has 0 bridgehead atoms. The van der Waals surface area contributed by atoms with Gasteiger partial charge in [0.25, 0.3) is 0 Å². The molecule has 3 heteroatoms. The van der Waals surface area contributed by atoms with E-state index in [0.717, 1.165) is 19.4 Å². The molecule has 1 fully saturated rings. The van der Waals surface area contributed by atoms with Crippen LogP contribution in [0.4, 0.5) is 0 Å². The van der Waals surface area contributed by atoms with Crippen molar-refractivity contribution in [1.82, 2.24) is 9.88 Å². The van der Waals surface area contributed by atoms with E-state index in [9.17, 15) is 4.79 Å². The zero-order valence-corrected chi connectivity index (χ0v) is 16.8. The van der Waals surface area contributed by atoms with E-state index in [-0.39, 0.29) is 17.9 Å². The predicted octanol–water partition coefficient (Wildman–Crippen LogP) is 5.45. The zero-order valence-electron chi connectivity index (χ0n) is 16.8. The number of para-hydroxylation sites is 1. The minimum atomic E-state index is -0.0443. The first-order valence-corrected chi connectivity index (χ1v) is 10.8. The Morgan fingerprint density at radius 3 is 2.17 bits per heavy atom. The van der Waals surface area contributed by atoms with Gasteiger partial charge in [-0.15, -0.1) is 0 Å². The number of nitrogens with zero attached hydrogens (tertiary/aromatic N) is 1. The van der Waals surface area contributed by atoms with Crippen LogP contribution in [0.15, 0.2) is 84.9 Å². The van der Waals surface area contributed by atoms with Crippen LogP contribution in [0, 0.1) is 5.92 Å². The van der Waals surface area contributed by atoms with E-state index in [0.29, 0.717) is 5.91 Å². The highest BCUT2D eigenvalue weighted by Gasteiger charge is 2.47. The molecule has 0 aliphatic carbocycles. The number of benzene rings is 3. The number of carbonyl (C=O) groups is 1. The molecular formula is C27H24N2O. The summed E-state index contributed by atoms with van der Waals surface area (Å²) in [7, 11) is 0. The van der Waals surface area contributed by atoms with Crippen LogP contribution in [0.25, 0.3) is 10.9 Å². The Balaban J connectivity index is 1.44. The average Bonchev–Trinajstić information content (AvgIpc) is 3.34. The first-order chi connectivity index (χ1) is 14.8. The molecule has 0 radical (unpaired) electrons. The lowest BCUT2D eigenvalue weighted by Gasteiger charge is -2.30. The average molecular weight is 393 g/mol. The molecule has 0 saturated carbocycles. The van der Waals surface area contributed by atoms with Gasteiger partial charge in [-0.3, -0.25) is 4.79 Å². The fraction of sp³-hybridized carbons (Fsp3) is 0.222. The number of H-pyrrole nitrogens is 1. The van der Waals surface area contributed by atoms with Gasteiger partial charge < -0.3 is 9.88 Å². The molecule has 0 spiro atoms.